The summed E-state index contributed by atoms with van der Waals surface area (Å²) in [7, 11) is 0. The summed E-state index contributed by atoms with van der Waals surface area (Å²) in [6, 6.07) is 15.2. The SMILES string of the molecule is O=CC(=Cc1ccccc1)c1ccccn1. The molecule has 16 heavy (non-hydrogen) atoms. The third-order valence-electron chi connectivity index (χ3n) is 2.21. The summed E-state index contributed by atoms with van der Waals surface area (Å²) < 4.78 is 0. The van der Waals surface area contributed by atoms with Crippen LogP contribution in [0.3, 0.4) is 0 Å². The lowest BCUT2D eigenvalue weighted by atomic mass is 10.1. The van der Waals surface area contributed by atoms with Crippen LogP contribution in [0.4, 0.5) is 0 Å². The van der Waals surface area contributed by atoms with Crippen LogP contribution in [0.2, 0.25) is 0 Å². The van der Waals surface area contributed by atoms with Crippen LogP contribution in [-0.4, -0.2) is 11.3 Å². The number of nitrogens with zero attached hydrogens (tertiary/aromatic N) is 1. The van der Waals surface area contributed by atoms with E-state index in [0.29, 0.717) is 11.3 Å². The Kier molecular flexibility index (Phi) is 3.24. The molecule has 1 aromatic carbocycles. The predicted octanol–water partition coefficient (Wildman–Crippen LogP) is 2.82. The van der Waals surface area contributed by atoms with Crippen molar-refractivity contribution < 1.29 is 4.79 Å². The highest BCUT2D eigenvalue weighted by Crippen LogP contribution is 2.13. The van der Waals surface area contributed by atoms with Crippen LogP contribution < -0.4 is 0 Å². The Hall–Kier alpha value is -2.22. The van der Waals surface area contributed by atoms with Crippen LogP contribution in [-0.2, 0) is 4.79 Å². The van der Waals surface area contributed by atoms with Gasteiger partial charge in [-0.25, -0.2) is 0 Å². The van der Waals surface area contributed by atoms with Crippen molar-refractivity contribution in [2.45, 2.75) is 0 Å². The number of benzene rings is 1. The van der Waals surface area contributed by atoms with Crippen molar-refractivity contribution in [3.63, 3.8) is 0 Å². The summed E-state index contributed by atoms with van der Waals surface area (Å²) in [5.41, 5.74) is 2.28. The van der Waals surface area contributed by atoms with Gasteiger partial charge in [-0.05, 0) is 23.8 Å². The first-order valence-electron chi connectivity index (χ1n) is 5.03. The smallest absolute Gasteiger partial charge is 0.152 e. The molecule has 0 saturated carbocycles. The highest BCUT2D eigenvalue weighted by Gasteiger charge is 2.00. The van der Waals surface area contributed by atoms with E-state index < -0.39 is 0 Å². The monoisotopic (exact) mass is 209 g/mol. The number of aromatic nitrogens is 1. The van der Waals surface area contributed by atoms with Crippen molar-refractivity contribution in [2.24, 2.45) is 0 Å². The number of carbonyl (C=O) groups is 1. The van der Waals surface area contributed by atoms with Crippen molar-refractivity contribution in [2.75, 3.05) is 0 Å². The molecule has 0 N–H and O–H groups in total. The highest BCUT2D eigenvalue weighted by molar-refractivity contribution is 6.12. The minimum atomic E-state index is 0.590. The molecular weight excluding hydrogens is 198 g/mol. The molecule has 0 aliphatic heterocycles. The Balaban J connectivity index is 2.38. The average molecular weight is 209 g/mol. The Morgan fingerprint density at radius 1 is 1.00 bits per heavy atom. The molecule has 0 saturated heterocycles. The van der Waals surface area contributed by atoms with Crippen LogP contribution in [0, 0.1) is 0 Å². The van der Waals surface area contributed by atoms with E-state index in [0.717, 1.165) is 11.8 Å². The number of carbonyl (C=O) groups excluding carboxylic acids is 1. The van der Waals surface area contributed by atoms with Crippen molar-refractivity contribution in [3.05, 3.63) is 66.0 Å². The second-order valence-electron chi connectivity index (χ2n) is 3.34. The van der Waals surface area contributed by atoms with Gasteiger partial charge in [0.15, 0.2) is 6.29 Å². The van der Waals surface area contributed by atoms with Gasteiger partial charge in [-0.3, -0.25) is 9.78 Å². The normalized spacial score (nSPS) is 11.1. The molecule has 0 atom stereocenters. The number of aldehydes is 1. The zero-order valence-corrected chi connectivity index (χ0v) is 8.71. The summed E-state index contributed by atoms with van der Waals surface area (Å²) in [5, 5.41) is 0. The molecule has 2 aromatic rings. The Morgan fingerprint density at radius 3 is 2.38 bits per heavy atom. The van der Waals surface area contributed by atoms with Gasteiger partial charge >= 0.3 is 0 Å². The summed E-state index contributed by atoms with van der Waals surface area (Å²) in [6.07, 6.45) is 4.34. The van der Waals surface area contributed by atoms with E-state index >= 15 is 0 Å². The van der Waals surface area contributed by atoms with Gasteiger partial charge in [0.1, 0.15) is 0 Å². The second-order valence-corrected chi connectivity index (χ2v) is 3.34. The second kappa shape index (κ2) is 5.03. The number of pyridine rings is 1. The first kappa shape index (κ1) is 10.3. The molecule has 0 amide bonds. The fourth-order valence-corrected chi connectivity index (χ4v) is 1.43. The average Bonchev–Trinajstić information content (AvgIpc) is 2.38. The van der Waals surface area contributed by atoms with Gasteiger partial charge in [-0.15, -0.1) is 0 Å². The van der Waals surface area contributed by atoms with Gasteiger partial charge in [0.25, 0.3) is 0 Å². The molecule has 0 aliphatic carbocycles. The highest BCUT2D eigenvalue weighted by atomic mass is 16.1. The van der Waals surface area contributed by atoms with Crippen LogP contribution in [0.5, 0.6) is 0 Å². The number of rotatable bonds is 3. The molecule has 2 rings (SSSR count). The van der Waals surface area contributed by atoms with Crippen molar-refractivity contribution >= 4 is 17.9 Å². The zero-order chi connectivity index (χ0) is 11.2. The summed E-state index contributed by atoms with van der Waals surface area (Å²) in [5.74, 6) is 0. The van der Waals surface area contributed by atoms with Gasteiger partial charge < -0.3 is 0 Å². The van der Waals surface area contributed by atoms with E-state index in [2.05, 4.69) is 4.98 Å². The van der Waals surface area contributed by atoms with E-state index in [-0.39, 0.29) is 0 Å². The number of allylic oxidation sites excluding steroid dienone is 1. The molecule has 0 aliphatic rings. The molecule has 0 spiro atoms. The Bertz CT molecular complexity index is 489. The molecule has 0 radical (unpaired) electrons. The van der Waals surface area contributed by atoms with Crippen molar-refractivity contribution in [1.29, 1.82) is 0 Å². The quantitative estimate of drug-likeness (QED) is 0.574. The van der Waals surface area contributed by atoms with Crippen LogP contribution in [0.25, 0.3) is 11.6 Å². The third kappa shape index (κ3) is 2.42. The van der Waals surface area contributed by atoms with Gasteiger partial charge in [0, 0.05) is 11.8 Å². The van der Waals surface area contributed by atoms with E-state index in [4.69, 9.17) is 0 Å². The maximum absolute atomic E-state index is 11.0. The molecule has 0 unspecified atom stereocenters. The lowest BCUT2D eigenvalue weighted by Crippen LogP contribution is -1.89. The Morgan fingerprint density at radius 2 is 1.75 bits per heavy atom. The van der Waals surface area contributed by atoms with Crippen molar-refractivity contribution in [1.82, 2.24) is 4.98 Å². The van der Waals surface area contributed by atoms with Crippen LogP contribution in [0.1, 0.15) is 11.3 Å². The molecule has 2 nitrogen and oxygen atoms in total. The van der Waals surface area contributed by atoms with Gasteiger partial charge in [0.05, 0.1) is 5.69 Å². The summed E-state index contributed by atoms with van der Waals surface area (Å²) in [6.45, 7) is 0. The van der Waals surface area contributed by atoms with Gasteiger partial charge in [0.2, 0.25) is 0 Å². The largest absolute Gasteiger partial charge is 0.298 e. The fraction of sp³-hybridized carbons (Fsp3) is 0. The lowest BCUT2D eigenvalue weighted by Gasteiger charge is -1.99. The fourth-order valence-electron chi connectivity index (χ4n) is 1.43. The van der Waals surface area contributed by atoms with E-state index in [1.165, 1.54) is 0 Å². The molecule has 0 bridgehead atoms. The topological polar surface area (TPSA) is 30.0 Å². The molecule has 78 valence electrons. The predicted molar refractivity (Wildman–Crippen MR) is 64.6 cm³/mol. The van der Waals surface area contributed by atoms with E-state index in [1.54, 1.807) is 6.20 Å². The maximum Gasteiger partial charge on any atom is 0.152 e. The first-order chi connectivity index (χ1) is 7.90. The van der Waals surface area contributed by atoms with Gasteiger partial charge in [-0.2, -0.15) is 0 Å². The molecule has 1 aromatic heterocycles. The molecule has 2 heteroatoms. The van der Waals surface area contributed by atoms with Crippen molar-refractivity contribution in [3.8, 4) is 0 Å². The molecule has 0 fully saturated rings. The van der Waals surface area contributed by atoms with E-state index in [9.17, 15) is 4.79 Å². The van der Waals surface area contributed by atoms with Crippen LogP contribution >= 0.6 is 0 Å². The van der Waals surface area contributed by atoms with Crippen LogP contribution in [0.15, 0.2) is 54.7 Å². The Labute approximate surface area is 94.3 Å². The maximum atomic E-state index is 11.0. The molecule has 1 heterocycles. The molecular formula is C14H11NO. The minimum Gasteiger partial charge on any atom is -0.298 e. The first-order valence-corrected chi connectivity index (χ1v) is 5.03. The third-order valence-corrected chi connectivity index (χ3v) is 2.21. The minimum absolute atomic E-state index is 0.590. The number of hydrogen-bond acceptors (Lipinski definition) is 2. The number of hydrogen-bond donors (Lipinski definition) is 0. The summed E-state index contributed by atoms with van der Waals surface area (Å²) >= 11 is 0. The van der Waals surface area contributed by atoms with Gasteiger partial charge in [-0.1, -0.05) is 36.4 Å². The standard InChI is InChI=1S/C14H11NO/c16-11-13(14-8-4-5-9-15-14)10-12-6-2-1-3-7-12/h1-11H. The summed E-state index contributed by atoms with van der Waals surface area (Å²) in [4.78, 5) is 15.1. The lowest BCUT2D eigenvalue weighted by molar-refractivity contribution is -0.103. The zero-order valence-electron chi connectivity index (χ0n) is 8.71. The van der Waals surface area contributed by atoms with E-state index in [1.807, 2.05) is 54.6 Å².